The van der Waals surface area contributed by atoms with E-state index < -0.39 is 29.3 Å². The van der Waals surface area contributed by atoms with Crippen molar-refractivity contribution in [3.63, 3.8) is 0 Å². The number of nitrogens with one attached hydrogen (secondary N) is 2. The predicted molar refractivity (Wildman–Crippen MR) is 70.8 cm³/mol. The fourth-order valence-electron chi connectivity index (χ4n) is 1.51. The van der Waals surface area contributed by atoms with Crippen molar-refractivity contribution in [3.05, 3.63) is 46.3 Å². The van der Waals surface area contributed by atoms with Crippen LogP contribution in [-0.4, -0.2) is 27.4 Å². The molecule has 11 heteroatoms. The normalized spacial score (nSPS) is 11.1. The molecule has 0 fully saturated rings. The fraction of sp³-hybridized carbons (Fsp3) is 0.167. The zero-order valence-electron chi connectivity index (χ0n) is 11.3. The Labute approximate surface area is 126 Å². The Balaban J connectivity index is 1.87. The maximum Gasteiger partial charge on any atom is 0.432 e. The van der Waals surface area contributed by atoms with Crippen LogP contribution in [0.4, 0.5) is 24.8 Å². The molecule has 0 spiro atoms. The van der Waals surface area contributed by atoms with E-state index in [0.29, 0.717) is 6.20 Å². The highest BCUT2D eigenvalue weighted by atomic mass is 19.4. The van der Waals surface area contributed by atoms with Crippen molar-refractivity contribution in [1.29, 1.82) is 0 Å². The Morgan fingerprint density at radius 3 is 2.52 bits per heavy atom. The minimum Gasteiger partial charge on any atom is -0.484 e. The Bertz CT molecular complexity index is 712. The van der Waals surface area contributed by atoms with Gasteiger partial charge in [-0.1, -0.05) is 0 Å². The van der Waals surface area contributed by atoms with Crippen LogP contribution in [0, 0.1) is 10.1 Å². The Morgan fingerprint density at radius 2 is 2.00 bits per heavy atom. The minimum absolute atomic E-state index is 0.142. The van der Waals surface area contributed by atoms with E-state index in [1.807, 2.05) is 4.98 Å². The van der Waals surface area contributed by atoms with Gasteiger partial charge in [-0.05, 0) is 12.1 Å². The van der Waals surface area contributed by atoms with E-state index in [1.54, 1.807) is 0 Å². The number of imidazole rings is 1. The number of nitrogens with zero attached hydrogens (tertiary/aromatic N) is 2. The lowest BCUT2D eigenvalue weighted by Gasteiger charge is -2.06. The SMILES string of the molecule is O=C(COc1ccc([N+](=O)[O-])cc1)Nc1ncc(C(F)(F)F)[nH]1. The lowest BCUT2D eigenvalue weighted by atomic mass is 10.3. The zero-order valence-corrected chi connectivity index (χ0v) is 11.3. The van der Waals surface area contributed by atoms with Crippen LogP contribution in [0.2, 0.25) is 0 Å². The number of ether oxygens (including phenoxy) is 1. The summed E-state index contributed by atoms with van der Waals surface area (Å²) in [6.07, 6.45) is -4.04. The van der Waals surface area contributed by atoms with Gasteiger partial charge in [0.05, 0.1) is 11.1 Å². The molecule has 8 nitrogen and oxygen atoms in total. The van der Waals surface area contributed by atoms with E-state index in [0.717, 1.165) is 0 Å². The van der Waals surface area contributed by atoms with Gasteiger partial charge in [0.15, 0.2) is 6.61 Å². The van der Waals surface area contributed by atoms with Gasteiger partial charge in [-0.15, -0.1) is 0 Å². The number of alkyl halides is 3. The second-order valence-electron chi connectivity index (χ2n) is 4.23. The Hall–Kier alpha value is -3.11. The summed E-state index contributed by atoms with van der Waals surface area (Å²) in [7, 11) is 0. The number of aromatic nitrogens is 2. The number of amides is 1. The smallest absolute Gasteiger partial charge is 0.432 e. The highest BCUT2D eigenvalue weighted by molar-refractivity contribution is 5.90. The van der Waals surface area contributed by atoms with Crippen molar-refractivity contribution in [2.45, 2.75) is 6.18 Å². The lowest BCUT2D eigenvalue weighted by Crippen LogP contribution is -2.21. The number of hydrogen-bond acceptors (Lipinski definition) is 5. The third-order valence-electron chi connectivity index (χ3n) is 2.56. The summed E-state index contributed by atoms with van der Waals surface area (Å²) in [4.78, 5) is 26.7. The molecule has 1 aromatic carbocycles. The van der Waals surface area contributed by atoms with Crippen LogP contribution in [-0.2, 0) is 11.0 Å². The zero-order chi connectivity index (χ0) is 17.0. The first-order valence-corrected chi connectivity index (χ1v) is 6.05. The molecule has 23 heavy (non-hydrogen) atoms. The van der Waals surface area contributed by atoms with Crippen molar-refractivity contribution in [2.24, 2.45) is 0 Å². The maximum atomic E-state index is 12.3. The van der Waals surface area contributed by atoms with Gasteiger partial charge in [-0.25, -0.2) is 4.98 Å². The number of halogens is 3. The summed E-state index contributed by atoms with van der Waals surface area (Å²) in [6, 6.07) is 4.96. The summed E-state index contributed by atoms with van der Waals surface area (Å²) in [5, 5.41) is 12.6. The number of nitro benzene ring substituents is 1. The number of benzene rings is 1. The van der Waals surface area contributed by atoms with E-state index >= 15 is 0 Å². The van der Waals surface area contributed by atoms with Crippen molar-refractivity contribution in [3.8, 4) is 5.75 Å². The molecule has 122 valence electrons. The molecule has 2 aromatic rings. The van der Waals surface area contributed by atoms with Crippen LogP contribution in [0.25, 0.3) is 0 Å². The molecule has 0 saturated carbocycles. The van der Waals surface area contributed by atoms with Crippen molar-refractivity contribution < 1.29 is 27.6 Å². The topological polar surface area (TPSA) is 110 Å². The summed E-state index contributed by atoms with van der Waals surface area (Å²) < 4.78 is 42.1. The maximum absolute atomic E-state index is 12.3. The number of carbonyl (C=O) groups excluding carboxylic acids is 1. The fourth-order valence-corrected chi connectivity index (χ4v) is 1.51. The molecule has 0 saturated heterocycles. The lowest BCUT2D eigenvalue weighted by molar-refractivity contribution is -0.384. The van der Waals surface area contributed by atoms with Gasteiger partial charge in [0, 0.05) is 12.1 Å². The molecular weight excluding hydrogens is 321 g/mol. The van der Waals surface area contributed by atoms with Crippen molar-refractivity contribution in [1.82, 2.24) is 9.97 Å². The number of aromatic amines is 1. The van der Waals surface area contributed by atoms with Crippen LogP contribution >= 0.6 is 0 Å². The van der Waals surface area contributed by atoms with Gasteiger partial charge in [-0.2, -0.15) is 13.2 Å². The second-order valence-corrected chi connectivity index (χ2v) is 4.23. The number of nitro groups is 1. The number of H-pyrrole nitrogens is 1. The molecule has 2 N–H and O–H groups in total. The van der Waals surface area contributed by atoms with Crippen LogP contribution in [0.1, 0.15) is 5.69 Å². The minimum atomic E-state index is -4.59. The van der Waals surface area contributed by atoms with Gasteiger partial charge in [0.25, 0.3) is 11.6 Å². The second kappa shape index (κ2) is 6.34. The first kappa shape index (κ1) is 16.3. The molecule has 0 atom stereocenters. The van der Waals surface area contributed by atoms with Crippen LogP contribution in [0.3, 0.4) is 0 Å². The van der Waals surface area contributed by atoms with Crippen LogP contribution in [0.5, 0.6) is 5.75 Å². The van der Waals surface area contributed by atoms with Gasteiger partial charge >= 0.3 is 6.18 Å². The van der Waals surface area contributed by atoms with E-state index in [-0.39, 0.29) is 17.4 Å². The van der Waals surface area contributed by atoms with E-state index in [1.165, 1.54) is 24.3 Å². The van der Waals surface area contributed by atoms with Gasteiger partial charge < -0.3 is 9.72 Å². The number of carbonyl (C=O) groups is 1. The Morgan fingerprint density at radius 1 is 1.35 bits per heavy atom. The standard InChI is InChI=1S/C12H9F3N4O4/c13-12(14,15)9-5-16-11(17-9)18-10(20)6-23-8-3-1-7(2-4-8)19(21)22/h1-5H,6H2,(H2,16,17,18,20). The molecule has 1 heterocycles. The van der Waals surface area contributed by atoms with E-state index in [4.69, 9.17) is 4.74 Å². The van der Waals surface area contributed by atoms with Gasteiger partial charge in [0.1, 0.15) is 11.4 Å². The predicted octanol–water partition coefficient (Wildman–Crippen LogP) is 2.35. The first-order chi connectivity index (χ1) is 10.8. The highest BCUT2D eigenvalue weighted by Gasteiger charge is 2.33. The summed E-state index contributed by atoms with van der Waals surface area (Å²) >= 11 is 0. The number of anilines is 1. The average molecular weight is 330 g/mol. The molecule has 0 aliphatic carbocycles. The molecule has 1 aromatic heterocycles. The summed E-state index contributed by atoms with van der Waals surface area (Å²) in [6.45, 7) is -0.500. The quantitative estimate of drug-likeness (QED) is 0.646. The van der Waals surface area contributed by atoms with Gasteiger partial charge in [-0.3, -0.25) is 20.2 Å². The number of non-ortho nitro benzene ring substituents is 1. The van der Waals surface area contributed by atoms with Gasteiger partial charge in [0.2, 0.25) is 5.95 Å². The Kier molecular flexibility index (Phi) is 4.48. The van der Waals surface area contributed by atoms with E-state index in [2.05, 4.69) is 10.3 Å². The molecule has 0 unspecified atom stereocenters. The number of hydrogen-bond donors (Lipinski definition) is 2. The van der Waals surface area contributed by atoms with E-state index in [9.17, 15) is 28.1 Å². The molecule has 0 aliphatic rings. The first-order valence-electron chi connectivity index (χ1n) is 6.05. The van der Waals surface area contributed by atoms with Crippen molar-refractivity contribution in [2.75, 3.05) is 11.9 Å². The highest BCUT2D eigenvalue weighted by Crippen LogP contribution is 2.28. The molecule has 1 amide bonds. The third kappa shape index (κ3) is 4.43. The van der Waals surface area contributed by atoms with Crippen LogP contribution in [0.15, 0.2) is 30.5 Å². The molecule has 0 radical (unpaired) electrons. The van der Waals surface area contributed by atoms with Crippen LogP contribution < -0.4 is 10.1 Å². The van der Waals surface area contributed by atoms with Crippen molar-refractivity contribution >= 4 is 17.5 Å². The molecule has 0 aliphatic heterocycles. The molecule has 0 bridgehead atoms. The molecule has 2 rings (SSSR count). The average Bonchev–Trinajstić information content (AvgIpc) is 2.94. The summed E-state index contributed by atoms with van der Waals surface area (Å²) in [5.41, 5.74) is -1.24. The third-order valence-corrected chi connectivity index (χ3v) is 2.56. The monoisotopic (exact) mass is 330 g/mol. The molecular formula is C12H9F3N4O4. The summed E-state index contributed by atoms with van der Waals surface area (Å²) in [5.74, 6) is -0.915. The number of rotatable bonds is 5. The largest absolute Gasteiger partial charge is 0.484 e.